The molecule has 2 aromatic carbocycles. The fourth-order valence-electron chi connectivity index (χ4n) is 1.65. The smallest absolute Gasteiger partial charge is 0.0809 e. The minimum atomic E-state index is 0. The van der Waals surface area contributed by atoms with Crippen molar-refractivity contribution in [3.05, 3.63) is 66.3 Å². The molecule has 112 valence electrons. The van der Waals surface area contributed by atoms with Crippen LogP contribution < -0.4 is 24.8 Å². The largest absolute Gasteiger partial charge is 1.00 e. The maximum Gasteiger partial charge on any atom is -0.0809 e. The molecule has 0 atom stereocenters. The topological polar surface area (TPSA) is 0 Å². The molecule has 0 aliphatic heterocycles. The summed E-state index contributed by atoms with van der Waals surface area (Å²) in [5.41, 5.74) is 1.37. The third kappa shape index (κ3) is 10.1. The van der Waals surface area contributed by atoms with Crippen LogP contribution in [0.3, 0.4) is 0 Å². The molecule has 0 aromatic heterocycles. The fraction of sp³-hybridized carbons (Fsp3) is 0.222. The van der Waals surface area contributed by atoms with Crippen LogP contribution >= 0.6 is 0 Å². The van der Waals surface area contributed by atoms with E-state index in [0.29, 0.717) is 0 Å². The molecule has 0 radical (unpaired) electrons. The summed E-state index contributed by atoms with van der Waals surface area (Å²) in [5, 5.41) is 2.72. The molecule has 0 amide bonds. The minimum absolute atomic E-state index is 0. The summed E-state index contributed by atoms with van der Waals surface area (Å²) in [5.74, 6) is 0. The zero-order valence-corrected chi connectivity index (χ0v) is 16.6. The van der Waals surface area contributed by atoms with E-state index in [0.717, 1.165) is 6.42 Å². The van der Waals surface area contributed by atoms with Gasteiger partial charge in [-0.2, -0.15) is 17.7 Å². The van der Waals surface area contributed by atoms with E-state index in [1.807, 2.05) is 12.2 Å². The van der Waals surface area contributed by atoms with Crippen LogP contribution in [0.1, 0.15) is 25.8 Å². The van der Waals surface area contributed by atoms with E-state index >= 15 is 0 Å². The van der Waals surface area contributed by atoms with E-state index in [1.54, 1.807) is 24.2 Å². The average Bonchev–Trinajstić information content (AvgIpc) is 3.03. The van der Waals surface area contributed by atoms with Gasteiger partial charge in [0.15, 0.2) is 0 Å². The maximum absolute atomic E-state index is 2.99. The van der Waals surface area contributed by atoms with Crippen molar-refractivity contribution in [1.82, 2.24) is 0 Å². The number of hydrogen-bond donors (Lipinski definition) is 0. The Bertz CT molecular complexity index is 566. The summed E-state index contributed by atoms with van der Waals surface area (Å²) in [6.45, 7) is 6.39. The molecule has 0 nitrogen and oxygen atoms in total. The number of fused-ring (bicyclic) bond motifs is 1. The van der Waals surface area contributed by atoms with Crippen molar-refractivity contribution in [3.63, 3.8) is 0 Å². The zero-order valence-electron chi connectivity index (χ0n) is 12.7. The Balaban J connectivity index is 0. The van der Waals surface area contributed by atoms with Crippen molar-refractivity contribution in [3.8, 4) is 0 Å². The molecule has 0 unspecified atom stereocenters. The van der Waals surface area contributed by atoms with E-state index < -0.39 is 0 Å². The van der Waals surface area contributed by atoms with Crippen LogP contribution in [0, 0.1) is 13.0 Å². The molecule has 3 heteroatoms. The van der Waals surface area contributed by atoms with Crippen molar-refractivity contribution in [2.45, 2.75) is 27.2 Å². The summed E-state index contributed by atoms with van der Waals surface area (Å²) < 4.78 is 1.51. The summed E-state index contributed by atoms with van der Waals surface area (Å²) >= 11 is 1.55. The van der Waals surface area contributed by atoms with Crippen LogP contribution in [0.2, 0.25) is 0 Å². The molecule has 0 fully saturated rings. The second-order valence-electron chi connectivity index (χ2n) is 4.61. The average molecular weight is 398 g/mol. The van der Waals surface area contributed by atoms with Crippen LogP contribution in [0.25, 0.3) is 10.8 Å². The monoisotopic (exact) mass is 396 g/mol. The first-order chi connectivity index (χ1) is 9.11. The van der Waals surface area contributed by atoms with Gasteiger partial charge < -0.3 is 24.8 Å². The van der Waals surface area contributed by atoms with Gasteiger partial charge in [-0.25, -0.2) is 12.2 Å². The normalized spacial score (nSPS) is 10.5. The van der Waals surface area contributed by atoms with Crippen LogP contribution in [-0.4, -0.2) is 3.21 Å². The molecule has 0 bridgehead atoms. The number of benzene rings is 1. The molecule has 3 rings (SSSR count). The molecule has 0 spiro atoms. The molecular formula is C18H20Cl2Zr-2. The van der Waals surface area contributed by atoms with Crippen molar-refractivity contribution in [2.75, 3.05) is 0 Å². The van der Waals surface area contributed by atoms with Crippen LogP contribution in [0.15, 0.2) is 54.6 Å². The van der Waals surface area contributed by atoms with Gasteiger partial charge in [0.1, 0.15) is 0 Å². The first-order valence-electron chi connectivity index (χ1n) is 6.46. The molecule has 2 aromatic rings. The van der Waals surface area contributed by atoms with E-state index in [4.69, 9.17) is 0 Å². The van der Waals surface area contributed by atoms with Gasteiger partial charge in [0, 0.05) is 0 Å². The second kappa shape index (κ2) is 13.3. The van der Waals surface area contributed by atoms with E-state index in [1.165, 1.54) is 19.5 Å². The Morgan fingerprint density at radius 1 is 1.19 bits per heavy atom. The molecule has 1 aliphatic carbocycles. The Morgan fingerprint density at radius 2 is 1.81 bits per heavy atom. The maximum atomic E-state index is 2.99. The molecule has 0 N–H and O–H groups in total. The van der Waals surface area contributed by atoms with Gasteiger partial charge in [-0.05, 0) is 0 Å². The number of halogens is 2. The predicted molar refractivity (Wildman–Crippen MR) is 82.2 cm³/mol. The summed E-state index contributed by atoms with van der Waals surface area (Å²) in [6, 6.07) is 12.8. The van der Waals surface area contributed by atoms with Crippen LogP contribution in [-0.2, 0) is 24.2 Å². The Kier molecular flexibility index (Phi) is 14.5. The molecule has 0 saturated carbocycles. The standard InChI is InChI=1S/C10H9.C5H5.C3H6.2ClH.Zr/c1-8-6-7-9-4-2-3-5-10(8)9;1-2-4-5-3-1;1-3-2;;;/h2-7H,1H3;1-3H,4H2;1-2H3;2*1H;/q2*-1;;;;+2/p-2. The first kappa shape index (κ1) is 22.9. The first-order valence-corrected chi connectivity index (χ1v) is 7.68. The van der Waals surface area contributed by atoms with Gasteiger partial charge in [-0.3, -0.25) is 6.08 Å². The number of aryl methyl sites for hydroxylation is 1. The summed E-state index contributed by atoms with van der Waals surface area (Å²) in [6.07, 6.45) is 10.0. The summed E-state index contributed by atoms with van der Waals surface area (Å²) in [7, 11) is 0. The van der Waals surface area contributed by atoms with Gasteiger partial charge in [0.05, 0.1) is 0 Å². The third-order valence-electron chi connectivity index (χ3n) is 2.48. The van der Waals surface area contributed by atoms with Crippen molar-refractivity contribution in [2.24, 2.45) is 0 Å². The zero-order chi connectivity index (χ0) is 14.1. The molecule has 21 heavy (non-hydrogen) atoms. The van der Waals surface area contributed by atoms with Gasteiger partial charge >= 0.3 is 41.3 Å². The predicted octanol–water partition coefficient (Wildman–Crippen LogP) is -1.07. The van der Waals surface area contributed by atoms with E-state index in [-0.39, 0.29) is 24.8 Å². The van der Waals surface area contributed by atoms with Crippen LogP contribution in [0.4, 0.5) is 0 Å². The van der Waals surface area contributed by atoms with E-state index in [2.05, 4.69) is 69.3 Å². The third-order valence-corrected chi connectivity index (χ3v) is 2.48. The number of hydrogen-bond acceptors (Lipinski definition) is 0. The van der Waals surface area contributed by atoms with E-state index in [9.17, 15) is 0 Å². The molecular weight excluding hydrogens is 378 g/mol. The quantitative estimate of drug-likeness (QED) is 0.496. The Hall–Kier alpha value is -0.357. The second-order valence-corrected chi connectivity index (χ2v) is 7.06. The minimum Gasteiger partial charge on any atom is -1.00 e. The Morgan fingerprint density at radius 3 is 2.24 bits per heavy atom. The van der Waals surface area contributed by atoms with Crippen molar-refractivity contribution in [1.29, 1.82) is 0 Å². The molecule has 0 heterocycles. The van der Waals surface area contributed by atoms with Gasteiger partial charge in [-0.1, -0.05) is 13.0 Å². The Labute approximate surface area is 155 Å². The van der Waals surface area contributed by atoms with Crippen molar-refractivity contribution < 1.29 is 49.0 Å². The van der Waals surface area contributed by atoms with Gasteiger partial charge in [0.25, 0.3) is 0 Å². The van der Waals surface area contributed by atoms with Gasteiger partial charge in [-0.15, -0.1) is 41.5 Å². The van der Waals surface area contributed by atoms with Gasteiger partial charge in [0.2, 0.25) is 0 Å². The number of rotatable bonds is 0. The SMILES string of the molecule is C[C](C)=[Zr+2].Cc1c[cH-]c2ccccc12.[C-]1=CC=CC1.[Cl-].[Cl-]. The summed E-state index contributed by atoms with van der Waals surface area (Å²) in [4.78, 5) is 0. The fourth-order valence-corrected chi connectivity index (χ4v) is 1.65. The number of allylic oxidation sites excluding steroid dienone is 4. The molecule has 1 aliphatic rings. The molecule has 0 saturated heterocycles. The van der Waals surface area contributed by atoms with Crippen molar-refractivity contribution >= 4 is 14.0 Å². The van der Waals surface area contributed by atoms with Crippen LogP contribution in [0.5, 0.6) is 0 Å².